The van der Waals surface area contributed by atoms with E-state index in [1.165, 1.54) is 0 Å². The van der Waals surface area contributed by atoms with Crippen LogP contribution in [-0.4, -0.2) is 39.0 Å². The van der Waals surface area contributed by atoms with Gasteiger partial charge in [0.05, 0.1) is 0 Å². The van der Waals surface area contributed by atoms with E-state index < -0.39 is 9.24 Å². The highest BCUT2D eigenvalue weighted by atomic mass is 35.7. The van der Waals surface area contributed by atoms with E-state index in [-0.39, 0.29) is 6.04 Å². The van der Waals surface area contributed by atoms with Gasteiger partial charge in [-0.1, -0.05) is 6.92 Å². The van der Waals surface area contributed by atoms with Gasteiger partial charge in [-0.15, -0.1) is 0 Å². The topological polar surface area (TPSA) is 49.4 Å². The van der Waals surface area contributed by atoms with Gasteiger partial charge in [0.25, 0.3) is 9.24 Å². The molecule has 1 fully saturated rings. The van der Waals surface area contributed by atoms with Crippen molar-refractivity contribution in [3.8, 4) is 0 Å². The van der Waals surface area contributed by atoms with Gasteiger partial charge in [0.2, 0.25) is 0 Å². The summed E-state index contributed by atoms with van der Waals surface area (Å²) in [4.78, 5) is 2.35. The van der Waals surface area contributed by atoms with Crippen molar-refractivity contribution in [2.75, 3.05) is 19.6 Å². The average Bonchev–Trinajstić information content (AvgIpc) is 2.06. The molecule has 0 aromatic rings. The number of hydrogen-bond donors (Lipinski definition) is 1. The third-order valence-corrected chi connectivity index (χ3v) is 3.32. The summed E-state index contributed by atoms with van der Waals surface area (Å²) in [5.74, 6) is 0. The number of rotatable bonds is 4. The van der Waals surface area contributed by atoms with Crippen molar-refractivity contribution in [1.82, 2.24) is 9.62 Å². The molecule has 1 aliphatic heterocycles. The van der Waals surface area contributed by atoms with Crippen molar-refractivity contribution in [3.05, 3.63) is 0 Å². The molecule has 84 valence electrons. The molecule has 0 atom stereocenters. The van der Waals surface area contributed by atoms with Gasteiger partial charge in [0.15, 0.2) is 0 Å². The Labute approximate surface area is 90.2 Å². The Bertz CT molecular complexity index is 261. The summed E-state index contributed by atoms with van der Waals surface area (Å²) in [6.07, 6.45) is 2.85. The fraction of sp³-hybridized carbons (Fsp3) is 1.00. The maximum absolute atomic E-state index is 10.7. The molecule has 4 nitrogen and oxygen atoms in total. The lowest BCUT2D eigenvalue weighted by Gasteiger charge is -2.31. The first kappa shape index (κ1) is 12.2. The highest BCUT2D eigenvalue weighted by Crippen LogP contribution is 2.12. The molecule has 1 saturated heterocycles. The van der Waals surface area contributed by atoms with Crippen LogP contribution >= 0.6 is 10.7 Å². The Morgan fingerprint density at radius 3 is 2.43 bits per heavy atom. The van der Waals surface area contributed by atoms with E-state index >= 15 is 0 Å². The van der Waals surface area contributed by atoms with Crippen molar-refractivity contribution in [2.45, 2.75) is 32.2 Å². The molecule has 0 aromatic carbocycles. The largest absolute Gasteiger partial charge is 0.303 e. The van der Waals surface area contributed by atoms with Crippen LogP contribution < -0.4 is 4.72 Å². The second-order valence-corrected chi connectivity index (χ2v) is 6.00. The minimum atomic E-state index is -3.55. The Morgan fingerprint density at radius 2 is 2.00 bits per heavy atom. The maximum Gasteiger partial charge on any atom is 0.297 e. The standard InChI is InChI=1S/C8H17ClN2O2S/c1-2-5-11-6-3-8(4-7-11)10-14(9,12)13/h8,10H,2-7H2,1H3. The van der Waals surface area contributed by atoms with Crippen LogP contribution in [0.1, 0.15) is 26.2 Å². The van der Waals surface area contributed by atoms with Gasteiger partial charge in [0.1, 0.15) is 0 Å². The van der Waals surface area contributed by atoms with Crippen molar-refractivity contribution in [2.24, 2.45) is 0 Å². The summed E-state index contributed by atoms with van der Waals surface area (Å²) in [7, 11) is 1.56. The van der Waals surface area contributed by atoms with Crippen molar-refractivity contribution < 1.29 is 8.42 Å². The van der Waals surface area contributed by atoms with E-state index in [4.69, 9.17) is 10.7 Å². The smallest absolute Gasteiger partial charge is 0.297 e. The van der Waals surface area contributed by atoms with Gasteiger partial charge in [0, 0.05) is 16.7 Å². The highest BCUT2D eigenvalue weighted by Gasteiger charge is 2.21. The van der Waals surface area contributed by atoms with Gasteiger partial charge < -0.3 is 4.90 Å². The molecule has 0 saturated carbocycles. The fourth-order valence-corrected chi connectivity index (χ4v) is 2.80. The minimum absolute atomic E-state index is 0.0191. The van der Waals surface area contributed by atoms with Crippen LogP contribution in [0.15, 0.2) is 0 Å². The predicted octanol–water partition coefficient (Wildman–Crippen LogP) is 0.934. The normalized spacial score (nSPS) is 21.3. The molecule has 1 heterocycles. The van der Waals surface area contributed by atoms with Crippen LogP contribution in [0.3, 0.4) is 0 Å². The fourth-order valence-electron chi connectivity index (χ4n) is 1.79. The molecule has 1 aliphatic rings. The van der Waals surface area contributed by atoms with Gasteiger partial charge in [-0.3, -0.25) is 0 Å². The van der Waals surface area contributed by atoms with E-state index in [0.717, 1.165) is 38.9 Å². The lowest BCUT2D eigenvalue weighted by molar-refractivity contribution is 0.208. The predicted molar refractivity (Wildman–Crippen MR) is 57.7 cm³/mol. The maximum atomic E-state index is 10.7. The zero-order valence-corrected chi connectivity index (χ0v) is 9.94. The molecule has 1 N–H and O–H groups in total. The van der Waals surface area contributed by atoms with Crippen LogP contribution in [0.25, 0.3) is 0 Å². The van der Waals surface area contributed by atoms with E-state index in [9.17, 15) is 8.42 Å². The lowest BCUT2D eigenvalue weighted by Crippen LogP contribution is -2.43. The first-order valence-corrected chi connectivity index (χ1v) is 7.26. The van der Waals surface area contributed by atoms with Gasteiger partial charge in [-0.25, -0.2) is 0 Å². The summed E-state index contributed by atoms with van der Waals surface area (Å²) >= 11 is 0. The first-order chi connectivity index (χ1) is 6.51. The van der Waals surface area contributed by atoms with E-state index in [1.807, 2.05) is 0 Å². The summed E-state index contributed by atoms with van der Waals surface area (Å²) in [5.41, 5.74) is 0. The Kier molecular flexibility index (Phi) is 4.63. The third-order valence-electron chi connectivity index (χ3n) is 2.43. The van der Waals surface area contributed by atoms with Crippen LogP contribution in [0.2, 0.25) is 0 Å². The molecular weight excluding hydrogens is 224 g/mol. The molecular formula is C8H17ClN2O2S. The molecule has 0 amide bonds. The third kappa shape index (κ3) is 4.59. The first-order valence-electron chi connectivity index (χ1n) is 4.95. The van der Waals surface area contributed by atoms with Gasteiger partial charge in [-0.05, 0) is 38.9 Å². The molecule has 0 radical (unpaired) electrons. The molecule has 0 bridgehead atoms. The van der Waals surface area contributed by atoms with Crippen LogP contribution in [0.5, 0.6) is 0 Å². The Balaban J connectivity index is 2.29. The Morgan fingerprint density at radius 1 is 1.43 bits per heavy atom. The summed E-state index contributed by atoms with van der Waals surface area (Å²) in [6, 6.07) is 0.0191. The number of nitrogens with one attached hydrogen (secondary N) is 1. The zero-order valence-electron chi connectivity index (χ0n) is 8.37. The monoisotopic (exact) mass is 240 g/mol. The Hall–Kier alpha value is 0.160. The van der Waals surface area contributed by atoms with Gasteiger partial charge >= 0.3 is 0 Å². The summed E-state index contributed by atoms with van der Waals surface area (Å²) in [5, 5.41) is 0. The minimum Gasteiger partial charge on any atom is -0.303 e. The van der Waals surface area contributed by atoms with E-state index in [2.05, 4.69) is 16.5 Å². The van der Waals surface area contributed by atoms with E-state index in [0.29, 0.717) is 0 Å². The number of likely N-dealkylation sites (tertiary alicyclic amines) is 1. The molecule has 0 aromatic heterocycles. The SMILES string of the molecule is CCCN1CCC(NS(=O)(=O)Cl)CC1. The van der Waals surface area contributed by atoms with Crippen molar-refractivity contribution >= 4 is 19.9 Å². The number of nitrogens with zero attached hydrogens (tertiary/aromatic N) is 1. The molecule has 0 unspecified atom stereocenters. The zero-order chi connectivity index (χ0) is 10.6. The van der Waals surface area contributed by atoms with E-state index in [1.54, 1.807) is 0 Å². The lowest BCUT2D eigenvalue weighted by atomic mass is 10.1. The quantitative estimate of drug-likeness (QED) is 0.744. The highest BCUT2D eigenvalue weighted by molar-refractivity contribution is 8.12. The molecule has 14 heavy (non-hydrogen) atoms. The number of halogens is 1. The number of piperidine rings is 1. The van der Waals surface area contributed by atoms with Crippen LogP contribution in [0, 0.1) is 0 Å². The summed E-state index contributed by atoms with van der Waals surface area (Å²) in [6.45, 7) is 5.16. The number of hydrogen-bond acceptors (Lipinski definition) is 3. The second-order valence-electron chi connectivity index (χ2n) is 3.67. The molecule has 6 heteroatoms. The summed E-state index contributed by atoms with van der Waals surface area (Å²) < 4.78 is 23.9. The molecule has 1 rings (SSSR count). The molecule has 0 spiro atoms. The van der Waals surface area contributed by atoms with Crippen LogP contribution in [0.4, 0.5) is 0 Å². The van der Waals surface area contributed by atoms with Gasteiger partial charge in [-0.2, -0.15) is 13.1 Å². The van der Waals surface area contributed by atoms with Crippen molar-refractivity contribution in [3.63, 3.8) is 0 Å². The average molecular weight is 241 g/mol. The van der Waals surface area contributed by atoms with Crippen LogP contribution in [-0.2, 0) is 9.24 Å². The van der Waals surface area contributed by atoms with Crippen molar-refractivity contribution in [1.29, 1.82) is 0 Å². The second kappa shape index (κ2) is 5.30. The molecule has 0 aliphatic carbocycles.